The van der Waals surface area contributed by atoms with Crippen molar-refractivity contribution in [2.75, 3.05) is 13.1 Å². The number of morpholine rings is 1. The molecule has 2 amide bonds. The summed E-state index contributed by atoms with van der Waals surface area (Å²) in [6.45, 7) is 5.40. The Hall–Kier alpha value is -3.02. The highest BCUT2D eigenvalue weighted by molar-refractivity contribution is 7.89. The van der Waals surface area contributed by atoms with Crippen molar-refractivity contribution in [3.63, 3.8) is 0 Å². The van der Waals surface area contributed by atoms with E-state index >= 15 is 0 Å². The number of hydrogen-bond donors (Lipinski definition) is 2. The topological polar surface area (TPSA) is 114 Å². The average molecular weight is 480 g/mol. The molecule has 1 saturated heterocycles. The van der Waals surface area contributed by atoms with Crippen molar-refractivity contribution < 1.29 is 31.9 Å². The molecule has 9 nitrogen and oxygen atoms in total. The molecule has 2 aromatic carbocycles. The Labute approximate surface area is 191 Å². The van der Waals surface area contributed by atoms with Gasteiger partial charge in [0.05, 0.1) is 17.1 Å². The van der Waals surface area contributed by atoms with Crippen LogP contribution in [0.15, 0.2) is 53.4 Å². The number of hydrogen-bond acceptors (Lipinski definition) is 6. The van der Waals surface area contributed by atoms with E-state index < -0.39 is 33.8 Å². The average Bonchev–Trinajstić information content (AvgIpc) is 2.78. The van der Waals surface area contributed by atoms with Crippen molar-refractivity contribution in [2.24, 2.45) is 0 Å². The number of hydrazine groups is 1. The molecule has 0 radical (unpaired) electrons. The maximum atomic E-state index is 13.7. The van der Waals surface area contributed by atoms with Crippen LogP contribution in [0.5, 0.6) is 5.75 Å². The van der Waals surface area contributed by atoms with Gasteiger partial charge in [-0.15, -0.1) is 0 Å². The Morgan fingerprint density at radius 2 is 1.76 bits per heavy atom. The van der Waals surface area contributed by atoms with Crippen LogP contribution in [-0.2, 0) is 19.6 Å². The highest BCUT2D eigenvalue weighted by atomic mass is 32.2. The number of ether oxygens (including phenoxy) is 2. The maximum absolute atomic E-state index is 13.7. The van der Waals surface area contributed by atoms with Gasteiger partial charge < -0.3 is 9.47 Å². The Balaban J connectivity index is 1.63. The quantitative estimate of drug-likeness (QED) is 0.612. The molecular weight excluding hydrogens is 453 g/mol. The van der Waals surface area contributed by atoms with Crippen LogP contribution in [-0.4, -0.2) is 55.9 Å². The maximum Gasteiger partial charge on any atom is 0.279 e. The van der Waals surface area contributed by atoms with Crippen LogP contribution in [0.2, 0.25) is 0 Å². The van der Waals surface area contributed by atoms with Gasteiger partial charge in [-0.05, 0) is 51.1 Å². The molecule has 0 aromatic heterocycles. The monoisotopic (exact) mass is 479 g/mol. The molecule has 2 aromatic rings. The standard InChI is InChI=1S/C22H26FN3O6S/c1-14-12-26(13-15(2)31-14)33(29,30)18-8-6-7-17(11-18)22(28)25-24-21(27)16(3)32-20-10-5-4-9-19(20)23/h4-11,14-16H,12-13H2,1-3H3,(H,24,27)(H,25,28)/t14-,15+,16-/m1/s1. The number of halogens is 1. The second-order valence-electron chi connectivity index (χ2n) is 7.74. The molecule has 1 heterocycles. The SMILES string of the molecule is C[C@@H]1CN(S(=O)(=O)c2cccc(C(=O)NNC(=O)[C@@H](C)Oc3ccccc3F)c2)C[C@H](C)O1. The zero-order valence-electron chi connectivity index (χ0n) is 18.4. The lowest BCUT2D eigenvalue weighted by atomic mass is 10.2. The first kappa shape index (κ1) is 24.6. The number of carbonyl (C=O) groups is 2. The van der Waals surface area contributed by atoms with E-state index in [1.807, 2.05) is 0 Å². The zero-order chi connectivity index (χ0) is 24.2. The number of sulfonamides is 1. The minimum atomic E-state index is -3.84. The van der Waals surface area contributed by atoms with Crippen LogP contribution in [0.4, 0.5) is 4.39 Å². The molecular formula is C22H26FN3O6S. The number of amides is 2. The van der Waals surface area contributed by atoms with Crippen LogP contribution in [0.3, 0.4) is 0 Å². The first-order valence-electron chi connectivity index (χ1n) is 10.3. The van der Waals surface area contributed by atoms with Crippen molar-refractivity contribution in [3.8, 4) is 5.75 Å². The Bertz CT molecular complexity index is 1120. The first-order valence-corrected chi connectivity index (χ1v) is 11.8. The molecule has 33 heavy (non-hydrogen) atoms. The lowest BCUT2D eigenvalue weighted by Gasteiger charge is -2.34. The number of rotatable bonds is 6. The predicted molar refractivity (Wildman–Crippen MR) is 117 cm³/mol. The Morgan fingerprint density at radius 3 is 2.42 bits per heavy atom. The highest BCUT2D eigenvalue weighted by Gasteiger charge is 2.32. The molecule has 0 aliphatic carbocycles. The Morgan fingerprint density at radius 1 is 1.09 bits per heavy atom. The fraction of sp³-hybridized carbons (Fsp3) is 0.364. The van der Waals surface area contributed by atoms with Gasteiger partial charge in [0.1, 0.15) is 0 Å². The fourth-order valence-electron chi connectivity index (χ4n) is 3.35. The van der Waals surface area contributed by atoms with Crippen molar-refractivity contribution >= 4 is 21.8 Å². The number of carbonyl (C=O) groups excluding carboxylic acids is 2. The van der Waals surface area contributed by atoms with Gasteiger partial charge in [0.15, 0.2) is 17.7 Å². The molecule has 1 aliphatic rings. The predicted octanol–water partition coefficient (Wildman–Crippen LogP) is 1.85. The third-order valence-corrected chi connectivity index (χ3v) is 6.76. The molecule has 178 valence electrons. The minimum absolute atomic E-state index is 0.0356. The summed E-state index contributed by atoms with van der Waals surface area (Å²) in [6, 6.07) is 11.1. The third kappa shape index (κ3) is 6.06. The summed E-state index contributed by atoms with van der Waals surface area (Å²) in [4.78, 5) is 24.6. The molecule has 2 N–H and O–H groups in total. The third-order valence-electron chi connectivity index (χ3n) is 4.93. The van der Waals surface area contributed by atoms with Crippen molar-refractivity contribution in [1.29, 1.82) is 0 Å². The van der Waals surface area contributed by atoms with E-state index in [1.165, 1.54) is 53.7 Å². The van der Waals surface area contributed by atoms with Crippen molar-refractivity contribution in [2.45, 2.75) is 44.0 Å². The van der Waals surface area contributed by atoms with E-state index in [1.54, 1.807) is 19.9 Å². The molecule has 1 aliphatic heterocycles. The molecule has 3 atom stereocenters. The van der Waals surface area contributed by atoms with Crippen LogP contribution in [0, 0.1) is 5.82 Å². The zero-order valence-corrected chi connectivity index (χ0v) is 19.3. The van der Waals surface area contributed by atoms with Gasteiger partial charge in [0, 0.05) is 18.7 Å². The van der Waals surface area contributed by atoms with Gasteiger partial charge in [0.25, 0.3) is 11.8 Å². The number of nitrogens with one attached hydrogen (secondary N) is 2. The van der Waals surface area contributed by atoms with Gasteiger partial charge in [0.2, 0.25) is 10.0 Å². The number of nitrogens with zero attached hydrogens (tertiary/aromatic N) is 1. The van der Waals surface area contributed by atoms with Crippen LogP contribution in [0.1, 0.15) is 31.1 Å². The van der Waals surface area contributed by atoms with E-state index in [0.29, 0.717) is 0 Å². The lowest BCUT2D eigenvalue weighted by molar-refractivity contribution is -0.128. The summed E-state index contributed by atoms with van der Waals surface area (Å²) >= 11 is 0. The van der Waals surface area contributed by atoms with Gasteiger partial charge in [-0.3, -0.25) is 20.4 Å². The second-order valence-corrected chi connectivity index (χ2v) is 9.68. The van der Waals surface area contributed by atoms with Gasteiger partial charge in [-0.25, -0.2) is 12.8 Å². The summed E-state index contributed by atoms with van der Waals surface area (Å²) in [5, 5.41) is 0. The van der Waals surface area contributed by atoms with Crippen LogP contribution < -0.4 is 15.6 Å². The smallest absolute Gasteiger partial charge is 0.279 e. The fourth-order valence-corrected chi connectivity index (χ4v) is 4.99. The number of para-hydroxylation sites is 1. The summed E-state index contributed by atoms with van der Waals surface area (Å²) in [7, 11) is -3.84. The number of benzene rings is 2. The molecule has 0 bridgehead atoms. The van der Waals surface area contributed by atoms with E-state index in [2.05, 4.69) is 10.9 Å². The molecule has 0 spiro atoms. The first-order chi connectivity index (χ1) is 15.6. The molecule has 3 rings (SSSR count). The van der Waals surface area contributed by atoms with Crippen molar-refractivity contribution in [3.05, 3.63) is 59.9 Å². The molecule has 0 unspecified atom stereocenters. The van der Waals surface area contributed by atoms with Crippen molar-refractivity contribution in [1.82, 2.24) is 15.2 Å². The van der Waals surface area contributed by atoms with Crippen LogP contribution >= 0.6 is 0 Å². The molecule has 0 saturated carbocycles. The van der Waals surface area contributed by atoms with E-state index in [4.69, 9.17) is 9.47 Å². The summed E-state index contributed by atoms with van der Waals surface area (Å²) in [5.41, 5.74) is 4.44. The summed E-state index contributed by atoms with van der Waals surface area (Å²) < 4.78 is 51.9. The van der Waals surface area contributed by atoms with Gasteiger partial charge >= 0.3 is 0 Å². The molecule has 11 heteroatoms. The van der Waals surface area contributed by atoms with E-state index in [9.17, 15) is 22.4 Å². The second kappa shape index (κ2) is 10.3. The van der Waals surface area contributed by atoms with Gasteiger partial charge in [-0.1, -0.05) is 18.2 Å². The summed E-state index contributed by atoms with van der Waals surface area (Å²) in [6.07, 6.45) is -1.60. The largest absolute Gasteiger partial charge is 0.478 e. The van der Waals surface area contributed by atoms with E-state index in [0.717, 1.165) is 0 Å². The normalized spacial score (nSPS) is 20.0. The van der Waals surface area contributed by atoms with E-state index in [-0.39, 0.29) is 41.5 Å². The highest BCUT2D eigenvalue weighted by Crippen LogP contribution is 2.22. The minimum Gasteiger partial charge on any atom is -0.478 e. The van der Waals surface area contributed by atoms with Crippen LogP contribution in [0.25, 0.3) is 0 Å². The lowest BCUT2D eigenvalue weighted by Crippen LogP contribution is -2.48. The summed E-state index contributed by atoms with van der Waals surface area (Å²) in [5.74, 6) is -2.16. The Kier molecular flexibility index (Phi) is 7.67. The van der Waals surface area contributed by atoms with Gasteiger partial charge in [-0.2, -0.15) is 4.31 Å². The molecule has 1 fully saturated rings.